The van der Waals surface area contributed by atoms with Crippen molar-refractivity contribution in [2.24, 2.45) is 5.92 Å². The Morgan fingerprint density at radius 1 is 0.767 bits per heavy atom. The number of rotatable bonds is 5. The van der Waals surface area contributed by atoms with Crippen LogP contribution < -0.4 is 0 Å². The van der Waals surface area contributed by atoms with Gasteiger partial charge in [0.25, 0.3) is 5.91 Å². The topological polar surface area (TPSA) is 57.6 Å². The number of likely N-dealkylation sites (tertiary alicyclic amines) is 1. The summed E-state index contributed by atoms with van der Waals surface area (Å²) in [5.41, 5.74) is 2.36. The highest BCUT2D eigenvalue weighted by atomic mass is 16.3. The summed E-state index contributed by atoms with van der Waals surface area (Å²) in [6.07, 6.45) is 0.947. The first-order valence-corrected chi connectivity index (χ1v) is 10.4. The predicted molar refractivity (Wildman–Crippen MR) is 116 cm³/mol. The maximum atomic E-state index is 13.2. The monoisotopic (exact) mass is 399 g/mol. The fourth-order valence-electron chi connectivity index (χ4n) is 4.12. The molecule has 0 aromatic heterocycles. The molecular formula is C26H25NO3. The van der Waals surface area contributed by atoms with E-state index in [-0.39, 0.29) is 17.6 Å². The summed E-state index contributed by atoms with van der Waals surface area (Å²) < 4.78 is 0. The molecule has 1 aliphatic rings. The van der Waals surface area contributed by atoms with E-state index in [1.165, 1.54) is 0 Å². The van der Waals surface area contributed by atoms with E-state index < -0.39 is 6.10 Å². The third kappa shape index (κ3) is 4.19. The Bertz CT molecular complexity index is 1010. The number of carbonyl (C=O) groups is 2. The van der Waals surface area contributed by atoms with E-state index in [0.29, 0.717) is 29.8 Å². The lowest BCUT2D eigenvalue weighted by Gasteiger charge is -2.34. The summed E-state index contributed by atoms with van der Waals surface area (Å²) in [5.74, 6) is -0.144. The molecule has 1 aliphatic heterocycles. The molecule has 1 amide bonds. The molecule has 1 atom stereocenters. The van der Waals surface area contributed by atoms with Gasteiger partial charge in [-0.3, -0.25) is 9.59 Å². The number of ketones is 1. The summed E-state index contributed by atoms with van der Waals surface area (Å²) in [6.45, 7) is 1.14. The minimum Gasteiger partial charge on any atom is -0.388 e. The zero-order valence-electron chi connectivity index (χ0n) is 16.8. The van der Waals surface area contributed by atoms with Crippen molar-refractivity contribution in [3.8, 4) is 0 Å². The first-order valence-electron chi connectivity index (χ1n) is 10.4. The standard InChI is InChI=1S/C26H25NO3/c28-24(19-9-3-1-4-10-19)21-15-17-27(18-16-21)26(30)23-14-8-7-13-22(23)25(29)20-11-5-2-6-12-20/h1-14,21,24,28H,15-18H2/t24-/m1/s1. The molecule has 0 spiro atoms. The third-order valence-electron chi connectivity index (χ3n) is 5.85. The Morgan fingerprint density at radius 2 is 1.30 bits per heavy atom. The van der Waals surface area contributed by atoms with E-state index in [1.807, 2.05) is 48.5 Å². The lowest BCUT2D eigenvalue weighted by Crippen LogP contribution is -2.40. The van der Waals surface area contributed by atoms with Gasteiger partial charge in [-0.2, -0.15) is 0 Å². The van der Waals surface area contributed by atoms with Gasteiger partial charge in [0, 0.05) is 24.2 Å². The second kappa shape index (κ2) is 9.06. The Morgan fingerprint density at radius 3 is 1.93 bits per heavy atom. The summed E-state index contributed by atoms with van der Waals surface area (Å²) in [6, 6.07) is 25.7. The van der Waals surface area contributed by atoms with Gasteiger partial charge in [-0.05, 0) is 30.4 Å². The number of amides is 1. The molecule has 1 heterocycles. The van der Waals surface area contributed by atoms with Crippen LogP contribution in [-0.2, 0) is 0 Å². The Kier molecular flexibility index (Phi) is 6.05. The predicted octanol–water partition coefficient (Wildman–Crippen LogP) is 4.50. The zero-order valence-corrected chi connectivity index (χ0v) is 16.8. The molecule has 3 aromatic rings. The van der Waals surface area contributed by atoms with Crippen LogP contribution in [0.15, 0.2) is 84.9 Å². The number of hydrogen-bond acceptors (Lipinski definition) is 3. The fraction of sp³-hybridized carbons (Fsp3) is 0.231. The van der Waals surface area contributed by atoms with E-state index in [9.17, 15) is 14.7 Å². The van der Waals surface area contributed by atoms with Gasteiger partial charge in [0.05, 0.1) is 11.7 Å². The van der Waals surface area contributed by atoms with Gasteiger partial charge in [-0.15, -0.1) is 0 Å². The molecule has 152 valence electrons. The van der Waals surface area contributed by atoms with E-state index in [0.717, 1.165) is 18.4 Å². The van der Waals surface area contributed by atoms with Gasteiger partial charge >= 0.3 is 0 Å². The first kappa shape index (κ1) is 20.0. The molecule has 4 heteroatoms. The summed E-state index contributed by atoms with van der Waals surface area (Å²) in [7, 11) is 0. The summed E-state index contributed by atoms with van der Waals surface area (Å²) >= 11 is 0. The van der Waals surface area contributed by atoms with Crippen molar-refractivity contribution in [3.05, 3.63) is 107 Å². The molecule has 1 saturated heterocycles. The van der Waals surface area contributed by atoms with Crippen LogP contribution in [0.5, 0.6) is 0 Å². The van der Waals surface area contributed by atoms with Crippen molar-refractivity contribution in [2.75, 3.05) is 13.1 Å². The highest BCUT2D eigenvalue weighted by Gasteiger charge is 2.30. The zero-order chi connectivity index (χ0) is 20.9. The van der Waals surface area contributed by atoms with Gasteiger partial charge in [0.2, 0.25) is 0 Å². The highest BCUT2D eigenvalue weighted by molar-refractivity contribution is 6.15. The molecule has 0 unspecified atom stereocenters. The van der Waals surface area contributed by atoms with Crippen LogP contribution in [0, 0.1) is 5.92 Å². The van der Waals surface area contributed by atoms with Gasteiger partial charge in [0.1, 0.15) is 0 Å². The second-order valence-corrected chi connectivity index (χ2v) is 7.73. The Hall–Kier alpha value is -3.24. The maximum Gasteiger partial charge on any atom is 0.254 e. The average Bonchev–Trinajstić information content (AvgIpc) is 2.84. The van der Waals surface area contributed by atoms with Crippen molar-refractivity contribution >= 4 is 11.7 Å². The molecule has 0 saturated carbocycles. The van der Waals surface area contributed by atoms with E-state index >= 15 is 0 Å². The third-order valence-corrected chi connectivity index (χ3v) is 5.85. The maximum absolute atomic E-state index is 13.2. The largest absolute Gasteiger partial charge is 0.388 e. The lowest BCUT2D eigenvalue weighted by molar-refractivity contribution is 0.0461. The number of benzene rings is 3. The minimum atomic E-state index is -0.518. The van der Waals surface area contributed by atoms with Crippen LogP contribution in [0.25, 0.3) is 0 Å². The van der Waals surface area contributed by atoms with Crippen LogP contribution in [0.1, 0.15) is 50.8 Å². The van der Waals surface area contributed by atoms with Crippen LogP contribution in [-0.4, -0.2) is 34.8 Å². The van der Waals surface area contributed by atoms with Gasteiger partial charge in [-0.1, -0.05) is 78.9 Å². The number of nitrogens with zero attached hydrogens (tertiary/aromatic N) is 1. The van der Waals surface area contributed by atoms with Crippen molar-refractivity contribution in [1.29, 1.82) is 0 Å². The van der Waals surface area contributed by atoms with E-state index in [2.05, 4.69) is 0 Å². The van der Waals surface area contributed by atoms with Crippen LogP contribution >= 0.6 is 0 Å². The molecule has 0 aliphatic carbocycles. The van der Waals surface area contributed by atoms with Crippen molar-refractivity contribution in [3.63, 3.8) is 0 Å². The normalized spacial score (nSPS) is 15.6. The smallest absolute Gasteiger partial charge is 0.254 e. The molecule has 30 heavy (non-hydrogen) atoms. The molecule has 0 radical (unpaired) electrons. The van der Waals surface area contributed by atoms with Crippen LogP contribution in [0.4, 0.5) is 0 Å². The quantitative estimate of drug-likeness (QED) is 0.643. The molecular weight excluding hydrogens is 374 g/mol. The molecule has 0 bridgehead atoms. The number of hydrogen-bond donors (Lipinski definition) is 1. The second-order valence-electron chi connectivity index (χ2n) is 7.73. The van der Waals surface area contributed by atoms with E-state index in [4.69, 9.17) is 0 Å². The number of aliphatic hydroxyl groups is 1. The Balaban J connectivity index is 1.47. The minimum absolute atomic E-state index is 0.123. The van der Waals surface area contributed by atoms with Crippen molar-refractivity contribution in [2.45, 2.75) is 18.9 Å². The van der Waals surface area contributed by atoms with Gasteiger partial charge in [0.15, 0.2) is 5.78 Å². The molecule has 4 nitrogen and oxygen atoms in total. The summed E-state index contributed by atoms with van der Waals surface area (Å²) in [5, 5.41) is 10.7. The molecule has 1 N–H and O–H groups in total. The number of piperidine rings is 1. The fourth-order valence-corrected chi connectivity index (χ4v) is 4.12. The molecule has 4 rings (SSSR count). The van der Waals surface area contributed by atoms with Gasteiger partial charge in [-0.25, -0.2) is 0 Å². The molecule has 1 fully saturated rings. The molecule has 3 aromatic carbocycles. The highest BCUT2D eigenvalue weighted by Crippen LogP contribution is 2.31. The first-order chi connectivity index (χ1) is 14.6. The SMILES string of the molecule is O=C(c1ccccc1)c1ccccc1C(=O)N1CCC([C@H](O)c2ccccc2)CC1. The summed E-state index contributed by atoms with van der Waals surface area (Å²) in [4.78, 5) is 28.0. The number of carbonyl (C=O) groups excluding carboxylic acids is 2. The van der Waals surface area contributed by atoms with Crippen molar-refractivity contribution < 1.29 is 14.7 Å². The van der Waals surface area contributed by atoms with Gasteiger partial charge < -0.3 is 10.0 Å². The van der Waals surface area contributed by atoms with Crippen molar-refractivity contribution in [1.82, 2.24) is 4.90 Å². The lowest BCUT2D eigenvalue weighted by atomic mass is 9.87. The Labute approximate surface area is 176 Å². The number of aliphatic hydroxyl groups excluding tert-OH is 1. The van der Waals surface area contributed by atoms with Crippen LogP contribution in [0.2, 0.25) is 0 Å². The van der Waals surface area contributed by atoms with Crippen LogP contribution in [0.3, 0.4) is 0 Å². The van der Waals surface area contributed by atoms with E-state index in [1.54, 1.807) is 41.3 Å². The average molecular weight is 399 g/mol.